The lowest BCUT2D eigenvalue weighted by molar-refractivity contribution is -0.122. The molecule has 10 nitrogen and oxygen atoms in total. The molecule has 0 aliphatic carbocycles. The Morgan fingerprint density at radius 1 is 0.263 bits per heavy atom. The summed E-state index contributed by atoms with van der Waals surface area (Å²) in [5.41, 5.74) is 0. The van der Waals surface area contributed by atoms with Crippen molar-refractivity contribution in [3.63, 3.8) is 0 Å². The number of carbonyl (C=O) groups is 3. The molecule has 0 unspecified atom stereocenters. The van der Waals surface area contributed by atoms with Gasteiger partial charge in [-0.2, -0.15) is 0 Å². The minimum atomic E-state index is 0. The molecule has 0 spiro atoms. The van der Waals surface area contributed by atoms with Crippen molar-refractivity contribution < 1.29 is 14.4 Å². The van der Waals surface area contributed by atoms with Crippen molar-refractivity contribution in [2.24, 2.45) is 0 Å². The fraction of sp³-hybridized carbons (Fsp3) is 0.955. The van der Waals surface area contributed by atoms with Gasteiger partial charge >= 0.3 is 0 Å². The van der Waals surface area contributed by atoms with Gasteiger partial charge in [0, 0.05) is 84.7 Å². The van der Waals surface area contributed by atoms with E-state index in [1.165, 1.54) is 231 Å². The molecule has 10 heteroatoms. The van der Waals surface area contributed by atoms with E-state index in [4.69, 9.17) is 0 Å². The zero-order valence-corrected chi connectivity index (χ0v) is 52.0. The molecule has 0 radical (unpaired) electrons. The van der Waals surface area contributed by atoms with Gasteiger partial charge in [0.15, 0.2) is 0 Å². The molecule has 4 N–H and O–H groups in total. The van der Waals surface area contributed by atoms with Gasteiger partial charge in [-0.05, 0) is 45.9 Å². The summed E-state index contributed by atoms with van der Waals surface area (Å²) in [6, 6.07) is 0. The summed E-state index contributed by atoms with van der Waals surface area (Å²) in [6.07, 6.45) is 54.6. The van der Waals surface area contributed by atoms with E-state index in [9.17, 15) is 14.4 Å². The number of nitrogens with one attached hydrogen (secondary N) is 4. The van der Waals surface area contributed by atoms with Crippen LogP contribution in [0.3, 0.4) is 0 Å². The van der Waals surface area contributed by atoms with Gasteiger partial charge in [0.1, 0.15) is 0 Å². The summed E-state index contributed by atoms with van der Waals surface area (Å²) >= 11 is 0. The second-order valence-corrected chi connectivity index (χ2v) is 22.4. The third-order valence-electron chi connectivity index (χ3n) is 15.5. The van der Waals surface area contributed by atoms with Crippen molar-refractivity contribution in [2.45, 2.75) is 319 Å². The Bertz CT molecular complexity index is 1090. The van der Waals surface area contributed by atoms with Crippen LogP contribution >= 0.6 is 0 Å². The lowest BCUT2D eigenvalue weighted by Gasteiger charge is -2.26. The number of hydrogen-bond donors (Lipinski definition) is 4. The molecule has 0 aromatic rings. The molecule has 3 amide bonds. The molecule has 0 aliphatic heterocycles. The molecule has 0 rings (SSSR count). The van der Waals surface area contributed by atoms with E-state index in [2.05, 4.69) is 77.5 Å². The summed E-state index contributed by atoms with van der Waals surface area (Å²) in [5.74, 6) is 0.566. The molecule has 0 aliphatic rings. The van der Waals surface area contributed by atoms with Crippen LogP contribution in [0.2, 0.25) is 0 Å². The number of likely N-dealkylation sites (N-methyl/N-ethyl adjacent to an activating group) is 4. The van der Waals surface area contributed by atoms with Crippen LogP contribution in [-0.4, -0.2) is 125 Å². The van der Waals surface area contributed by atoms with E-state index < -0.39 is 0 Å². The SMILES string of the molecule is C.CCCCCCCCCCCCCCCNC(=O)CCN(CC)CCN(CC)CCC(=O)NCCCCCCCCCCCCCCC.CCCCCCCCCCCCCCCNC(=O)CCN(CC)CCNC. The molecule has 0 saturated heterocycles. The van der Waals surface area contributed by atoms with Crippen LogP contribution in [0.1, 0.15) is 319 Å². The fourth-order valence-corrected chi connectivity index (χ4v) is 9.99. The first-order valence-corrected chi connectivity index (χ1v) is 33.4. The van der Waals surface area contributed by atoms with Crippen LogP contribution in [-0.2, 0) is 14.4 Å². The molecule has 456 valence electrons. The monoisotopic (exact) mass is 1080 g/mol. The van der Waals surface area contributed by atoms with E-state index >= 15 is 0 Å². The van der Waals surface area contributed by atoms with Crippen molar-refractivity contribution >= 4 is 17.7 Å². The smallest absolute Gasteiger partial charge is 0.221 e. The first kappa shape index (κ1) is 78.5. The Balaban J connectivity index is -0.00000161. The molecule has 76 heavy (non-hydrogen) atoms. The zero-order valence-electron chi connectivity index (χ0n) is 52.0. The number of amides is 3. The van der Waals surface area contributed by atoms with Crippen LogP contribution in [0.15, 0.2) is 0 Å². The fourth-order valence-electron chi connectivity index (χ4n) is 9.99. The van der Waals surface area contributed by atoms with Gasteiger partial charge in [0.2, 0.25) is 17.7 Å². The highest BCUT2D eigenvalue weighted by Gasteiger charge is 2.12. The number of rotatable bonds is 60. The maximum Gasteiger partial charge on any atom is 0.221 e. The van der Waals surface area contributed by atoms with Crippen LogP contribution in [0.4, 0.5) is 0 Å². The van der Waals surface area contributed by atoms with E-state index in [-0.39, 0.29) is 25.1 Å². The Labute approximate surface area is 476 Å². The highest BCUT2D eigenvalue weighted by atomic mass is 16.2. The van der Waals surface area contributed by atoms with Crippen molar-refractivity contribution in [3.8, 4) is 0 Å². The number of hydrogen-bond acceptors (Lipinski definition) is 7. The van der Waals surface area contributed by atoms with Crippen LogP contribution in [0.5, 0.6) is 0 Å². The minimum absolute atomic E-state index is 0. The van der Waals surface area contributed by atoms with Crippen molar-refractivity contribution in [3.05, 3.63) is 0 Å². The quantitative estimate of drug-likeness (QED) is 0.0449. The van der Waals surface area contributed by atoms with Gasteiger partial charge in [-0.3, -0.25) is 14.4 Å². The maximum absolute atomic E-state index is 12.4. The summed E-state index contributed by atoms with van der Waals surface area (Å²) in [5, 5.41) is 12.5. The van der Waals surface area contributed by atoms with E-state index in [1.54, 1.807) is 0 Å². The summed E-state index contributed by atoms with van der Waals surface area (Å²) in [6.45, 7) is 25.1. The molecule has 0 aromatic heterocycles. The van der Waals surface area contributed by atoms with Crippen LogP contribution in [0.25, 0.3) is 0 Å². The van der Waals surface area contributed by atoms with Crippen LogP contribution in [0, 0.1) is 0 Å². The number of carbonyl (C=O) groups excluding carboxylic acids is 3. The summed E-state index contributed by atoms with van der Waals surface area (Å²) in [4.78, 5) is 43.8. The van der Waals surface area contributed by atoms with Gasteiger partial charge in [-0.1, -0.05) is 280 Å². The second kappa shape index (κ2) is 67.5. The molecular weight excluding hydrogens is 939 g/mol. The van der Waals surface area contributed by atoms with Crippen LogP contribution < -0.4 is 21.3 Å². The van der Waals surface area contributed by atoms with Gasteiger partial charge in [-0.15, -0.1) is 0 Å². The zero-order chi connectivity index (χ0) is 55.2. The van der Waals surface area contributed by atoms with E-state index in [0.29, 0.717) is 19.3 Å². The highest BCUT2D eigenvalue weighted by molar-refractivity contribution is 5.76. The standard InChI is InChI=1S/C42H86N4O2.C23H49N3O.CH4/c1-5-9-11-13-15-17-19-21-23-25-27-29-31-35-43-41(47)33-37-45(7-3)39-40-46(8-4)38-34-42(48)44-36-32-30-28-26-24-22-20-18-16-14-12-10-6-2;1-4-6-7-8-9-10-11-12-13-14-15-16-17-19-25-23(27)18-21-26(5-2)22-20-24-3;/h5-40H2,1-4H3,(H,43,47)(H,44,48);24H,4-22H2,1-3H3,(H,25,27);1H4. The second-order valence-electron chi connectivity index (χ2n) is 22.4. The Hall–Kier alpha value is -1.75. The molecular formula is C66H139N7O3. The Morgan fingerprint density at radius 3 is 0.658 bits per heavy atom. The Kier molecular flexibility index (Phi) is 69.7. The average Bonchev–Trinajstić information content (AvgIpc) is 3.42. The first-order chi connectivity index (χ1) is 36.8. The third kappa shape index (κ3) is 63.1. The third-order valence-corrected chi connectivity index (χ3v) is 15.5. The predicted octanol–water partition coefficient (Wildman–Crippen LogP) is 16.6. The maximum atomic E-state index is 12.4. The van der Waals surface area contributed by atoms with Gasteiger partial charge in [0.25, 0.3) is 0 Å². The summed E-state index contributed by atoms with van der Waals surface area (Å²) < 4.78 is 0. The normalized spacial score (nSPS) is 11.3. The average molecular weight is 1080 g/mol. The van der Waals surface area contributed by atoms with Gasteiger partial charge in [0.05, 0.1) is 0 Å². The number of nitrogens with zero attached hydrogens (tertiary/aromatic N) is 3. The molecule has 0 bridgehead atoms. The topological polar surface area (TPSA) is 109 Å². The van der Waals surface area contributed by atoms with Crippen molar-refractivity contribution in [2.75, 3.05) is 92.1 Å². The highest BCUT2D eigenvalue weighted by Crippen LogP contribution is 2.15. The molecule has 0 aromatic carbocycles. The first-order valence-electron chi connectivity index (χ1n) is 33.4. The predicted molar refractivity (Wildman–Crippen MR) is 337 cm³/mol. The molecule has 0 fully saturated rings. The Morgan fingerprint density at radius 2 is 0.461 bits per heavy atom. The molecule has 0 atom stereocenters. The van der Waals surface area contributed by atoms with E-state index in [0.717, 1.165) is 104 Å². The van der Waals surface area contributed by atoms with Gasteiger partial charge in [-0.25, -0.2) is 0 Å². The molecule has 0 saturated carbocycles. The largest absolute Gasteiger partial charge is 0.356 e. The van der Waals surface area contributed by atoms with Gasteiger partial charge < -0.3 is 36.0 Å². The van der Waals surface area contributed by atoms with Crippen molar-refractivity contribution in [1.82, 2.24) is 36.0 Å². The lowest BCUT2D eigenvalue weighted by Crippen LogP contribution is -2.38. The minimum Gasteiger partial charge on any atom is -0.356 e. The lowest BCUT2D eigenvalue weighted by atomic mass is 10.0. The molecule has 0 heterocycles. The summed E-state index contributed by atoms with van der Waals surface area (Å²) in [7, 11) is 1.97. The number of unbranched alkanes of at least 4 members (excludes halogenated alkanes) is 36. The van der Waals surface area contributed by atoms with Crippen molar-refractivity contribution in [1.29, 1.82) is 0 Å². The van der Waals surface area contributed by atoms with E-state index in [1.807, 2.05) is 7.05 Å².